The molecule has 0 aromatic heterocycles. The molecule has 0 spiro atoms. The molecule has 2 fully saturated rings. The molecule has 1 aromatic carbocycles. The van der Waals surface area contributed by atoms with Gasteiger partial charge in [-0.2, -0.15) is 0 Å². The SMILES string of the molecule is COc1ccc(CCCC(B2OC(C)(C)C(C)(C)O2)B2OC(C)(C)C(C)(C)O2)cc1. The Hall–Kier alpha value is -1.01. The fourth-order valence-corrected chi connectivity index (χ4v) is 3.86. The highest BCUT2D eigenvalue weighted by molar-refractivity contribution is 6.68. The third kappa shape index (κ3) is 4.59. The Morgan fingerprint density at radius 1 is 0.733 bits per heavy atom. The fraction of sp³-hybridized carbons (Fsp3) is 0.739. The van der Waals surface area contributed by atoms with Gasteiger partial charge in [-0.15, -0.1) is 0 Å². The third-order valence-corrected chi connectivity index (χ3v) is 7.40. The van der Waals surface area contributed by atoms with Crippen LogP contribution in [-0.2, 0) is 25.0 Å². The summed E-state index contributed by atoms with van der Waals surface area (Å²) in [5.41, 5.74) is -0.237. The van der Waals surface area contributed by atoms with Crippen molar-refractivity contribution in [3.63, 3.8) is 0 Å². The van der Waals surface area contributed by atoms with Gasteiger partial charge in [0.1, 0.15) is 5.75 Å². The van der Waals surface area contributed by atoms with Crippen LogP contribution in [0.25, 0.3) is 0 Å². The molecule has 0 N–H and O–H groups in total. The zero-order chi connectivity index (χ0) is 22.4. The van der Waals surface area contributed by atoms with E-state index in [1.165, 1.54) is 5.56 Å². The summed E-state index contributed by atoms with van der Waals surface area (Å²) in [6, 6.07) is 8.26. The summed E-state index contributed by atoms with van der Waals surface area (Å²) in [6.45, 7) is 16.7. The van der Waals surface area contributed by atoms with Crippen LogP contribution in [0, 0.1) is 0 Å². The number of hydrogen-bond donors (Lipinski definition) is 0. The first-order chi connectivity index (χ1) is 13.8. The number of benzene rings is 1. The highest BCUT2D eigenvalue weighted by atomic mass is 16.7. The van der Waals surface area contributed by atoms with E-state index >= 15 is 0 Å². The van der Waals surface area contributed by atoms with E-state index in [2.05, 4.69) is 67.5 Å². The van der Waals surface area contributed by atoms with Gasteiger partial charge < -0.3 is 23.4 Å². The van der Waals surface area contributed by atoms with Crippen molar-refractivity contribution in [3.8, 4) is 5.75 Å². The van der Waals surface area contributed by atoms with E-state index in [0.29, 0.717) is 0 Å². The van der Waals surface area contributed by atoms with Crippen LogP contribution in [0.3, 0.4) is 0 Å². The quantitative estimate of drug-likeness (QED) is 0.578. The van der Waals surface area contributed by atoms with Gasteiger partial charge >= 0.3 is 14.2 Å². The summed E-state index contributed by atoms with van der Waals surface area (Å²) in [6.07, 6.45) is 2.85. The van der Waals surface area contributed by atoms with E-state index in [4.69, 9.17) is 23.4 Å². The van der Waals surface area contributed by atoms with Crippen molar-refractivity contribution in [3.05, 3.63) is 29.8 Å². The second-order valence-corrected chi connectivity index (χ2v) is 10.7. The lowest BCUT2D eigenvalue weighted by molar-refractivity contribution is 0.00578. The highest BCUT2D eigenvalue weighted by Crippen LogP contribution is 2.46. The summed E-state index contributed by atoms with van der Waals surface area (Å²) < 4.78 is 30.9. The lowest BCUT2D eigenvalue weighted by atomic mass is 9.50. The average molecular weight is 416 g/mol. The zero-order valence-electron chi connectivity index (χ0n) is 20.2. The summed E-state index contributed by atoms with van der Waals surface area (Å²) in [5.74, 6) is 0.881. The van der Waals surface area contributed by atoms with Gasteiger partial charge in [-0.1, -0.05) is 18.6 Å². The number of ether oxygens (including phenoxy) is 1. The Morgan fingerprint density at radius 2 is 1.13 bits per heavy atom. The van der Waals surface area contributed by atoms with Crippen LogP contribution in [0.1, 0.15) is 73.8 Å². The van der Waals surface area contributed by atoms with Crippen molar-refractivity contribution in [2.45, 2.75) is 103 Å². The standard InChI is InChI=1S/C23H38B2O5/c1-20(2)21(3,4)28-24(27-20)19(25-29-22(5,6)23(7,8)30-25)12-10-11-17-13-15-18(26-9)16-14-17/h13-16,19H,10-12H2,1-9H3. The monoisotopic (exact) mass is 416 g/mol. The normalized spacial score (nSPS) is 23.9. The van der Waals surface area contributed by atoms with Gasteiger partial charge in [0.25, 0.3) is 0 Å². The summed E-state index contributed by atoms with van der Waals surface area (Å²) in [4.78, 5) is 0. The molecule has 2 heterocycles. The van der Waals surface area contributed by atoms with Crippen LogP contribution < -0.4 is 4.74 Å². The zero-order valence-corrected chi connectivity index (χ0v) is 20.2. The molecular weight excluding hydrogens is 378 g/mol. The Labute approximate surface area is 183 Å². The predicted molar refractivity (Wildman–Crippen MR) is 122 cm³/mol. The maximum absolute atomic E-state index is 6.41. The molecule has 0 radical (unpaired) electrons. The molecule has 0 saturated carbocycles. The highest BCUT2D eigenvalue weighted by Gasteiger charge is 2.61. The first kappa shape index (κ1) is 23.6. The summed E-state index contributed by atoms with van der Waals surface area (Å²) >= 11 is 0. The van der Waals surface area contributed by atoms with Crippen molar-refractivity contribution < 1.29 is 23.4 Å². The molecule has 0 bridgehead atoms. The molecule has 1 aromatic rings. The van der Waals surface area contributed by atoms with Gasteiger partial charge in [-0.05, 0) is 85.9 Å². The predicted octanol–water partition coefficient (Wildman–Crippen LogP) is 5.11. The molecule has 2 aliphatic heterocycles. The Balaban J connectivity index is 1.73. The van der Waals surface area contributed by atoms with E-state index in [-0.39, 0.29) is 42.4 Å². The van der Waals surface area contributed by atoms with Gasteiger partial charge in [0, 0.05) is 5.72 Å². The third-order valence-electron chi connectivity index (χ3n) is 7.40. The van der Waals surface area contributed by atoms with E-state index in [1.807, 2.05) is 12.1 Å². The smallest absolute Gasteiger partial charge is 0.458 e. The van der Waals surface area contributed by atoms with Gasteiger partial charge in [0.15, 0.2) is 0 Å². The maximum Gasteiger partial charge on any atom is 0.458 e. The second kappa shape index (κ2) is 8.16. The summed E-state index contributed by atoms with van der Waals surface area (Å²) in [5, 5.41) is 0. The number of aryl methyl sites for hydroxylation is 1. The molecule has 0 atom stereocenters. The van der Waals surface area contributed by atoms with Crippen LogP contribution in [-0.4, -0.2) is 43.8 Å². The molecule has 2 saturated heterocycles. The Morgan fingerprint density at radius 3 is 1.50 bits per heavy atom. The molecule has 30 heavy (non-hydrogen) atoms. The molecule has 2 aliphatic rings. The topological polar surface area (TPSA) is 46.2 Å². The lowest BCUT2D eigenvalue weighted by Gasteiger charge is -2.32. The lowest BCUT2D eigenvalue weighted by Crippen LogP contribution is -2.41. The molecule has 5 nitrogen and oxygen atoms in total. The van der Waals surface area contributed by atoms with Gasteiger partial charge in [0.2, 0.25) is 0 Å². The molecule has 7 heteroatoms. The van der Waals surface area contributed by atoms with Crippen molar-refractivity contribution in [2.75, 3.05) is 7.11 Å². The van der Waals surface area contributed by atoms with E-state index in [9.17, 15) is 0 Å². The largest absolute Gasteiger partial charge is 0.497 e. The minimum atomic E-state index is -0.379. The fourth-order valence-electron chi connectivity index (χ4n) is 3.86. The van der Waals surface area contributed by atoms with Crippen molar-refractivity contribution in [2.24, 2.45) is 0 Å². The number of methoxy groups -OCH3 is 1. The van der Waals surface area contributed by atoms with Gasteiger partial charge in [-0.25, -0.2) is 0 Å². The average Bonchev–Trinajstić information content (AvgIpc) is 2.98. The van der Waals surface area contributed by atoms with Crippen molar-refractivity contribution in [1.82, 2.24) is 0 Å². The van der Waals surface area contributed by atoms with E-state index in [1.54, 1.807) is 7.11 Å². The summed E-state index contributed by atoms with van der Waals surface area (Å²) in [7, 11) is 0.968. The molecule has 3 rings (SSSR count). The van der Waals surface area contributed by atoms with Crippen LogP contribution in [0.15, 0.2) is 24.3 Å². The Bertz CT molecular complexity index is 662. The van der Waals surface area contributed by atoms with Crippen LogP contribution >= 0.6 is 0 Å². The van der Waals surface area contributed by atoms with E-state index < -0.39 is 0 Å². The van der Waals surface area contributed by atoms with Crippen LogP contribution in [0.4, 0.5) is 0 Å². The number of hydrogen-bond acceptors (Lipinski definition) is 5. The van der Waals surface area contributed by atoms with Crippen molar-refractivity contribution in [1.29, 1.82) is 0 Å². The molecule has 0 unspecified atom stereocenters. The first-order valence-electron chi connectivity index (χ1n) is 11.1. The maximum atomic E-state index is 6.41. The first-order valence-corrected chi connectivity index (χ1v) is 11.1. The minimum absolute atomic E-state index is 0.00894. The molecular formula is C23H38B2O5. The van der Waals surface area contributed by atoms with Gasteiger partial charge in [-0.3, -0.25) is 0 Å². The second-order valence-electron chi connectivity index (χ2n) is 10.7. The van der Waals surface area contributed by atoms with E-state index in [0.717, 1.165) is 25.0 Å². The van der Waals surface area contributed by atoms with Crippen molar-refractivity contribution >= 4 is 14.2 Å². The number of rotatable bonds is 7. The molecule has 0 amide bonds. The molecule has 166 valence electrons. The molecule has 0 aliphatic carbocycles. The minimum Gasteiger partial charge on any atom is -0.497 e. The van der Waals surface area contributed by atoms with Gasteiger partial charge in [0.05, 0.1) is 29.5 Å². The van der Waals surface area contributed by atoms with Crippen LogP contribution in [0.5, 0.6) is 5.75 Å². The Kier molecular flexibility index (Phi) is 6.43. The van der Waals surface area contributed by atoms with Crippen LogP contribution in [0.2, 0.25) is 5.72 Å².